The number of hydrogen-bond donors (Lipinski definition) is 3. The molecule has 0 atom stereocenters. The van der Waals surface area contributed by atoms with Gasteiger partial charge in [-0.1, -0.05) is 34.8 Å². The van der Waals surface area contributed by atoms with E-state index in [9.17, 15) is 22.8 Å². The van der Waals surface area contributed by atoms with Crippen molar-refractivity contribution in [1.82, 2.24) is 4.72 Å². The summed E-state index contributed by atoms with van der Waals surface area (Å²) in [7, 11) is -2.50. The number of nitrogens with zero attached hydrogens (tertiary/aromatic N) is 1. The molecule has 0 radical (unpaired) electrons. The van der Waals surface area contributed by atoms with Gasteiger partial charge in [0.1, 0.15) is 8.55 Å². The van der Waals surface area contributed by atoms with Gasteiger partial charge in [0.15, 0.2) is 0 Å². The molecule has 0 saturated carbocycles. The van der Waals surface area contributed by atoms with Crippen molar-refractivity contribution < 1.29 is 22.8 Å². The van der Waals surface area contributed by atoms with Crippen molar-refractivity contribution in [3.05, 3.63) is 68.0 Å². The fourth-order valence-corrected chi connectivity index (χ4v) is 6.42. The lowest BCUT2D eigenvalue weighted by atomic mass is 9.97. The van der Waals surface area contributed by atoms with Gasteiger partial charge in [0.25, 0.3) is 15.9 Å². The number of benzene rings is 2. The standard InChI is InChI=1S/C21H15Cl3N4O5S2/c1-25-16-6-10-7-17(29)28(20(30)13(10)8-14(16)22)12-4-2-11(3-5-12)26-21(31)27-35(32,33)18-9-15(23)19(24)34-18/h2-6,8-9,25H,7H2,1H3,(H2,26,27,31). The average molecular weight is 574 g/mol. The number of anilines is 3. The summed E-state index contributed by atoms with van der Waals surface area (Å²) < 4.78 is 26.4. The predicted octanol–water partition coefficient (Wildman–Crippen LogP) is 4.99. The van der Waals surface area contributed by atoms with Crippen LogP contribution < -0.4 is 20.3 Å². The van der Waals surface area contributed by atoms with E-state index >= 15 is 0 Å². The molecule has 35 heavy (non-hydrogen) atoms. The molecule has 3 aromatic rings. The van der Waals surface area contributed by atoms with Crippen molar-refractivity contribution >= 4 is 91.1 Å². The van der Waals surface area contributed by atoms with Gasteiger partial charge in [-0.25, -0.2) is 22.8 Å². The van der Waals surface area contributed by atoms with E-state index in [4.69, 9.17) is 34.8 Å². The maximum absolute atomic E-state index is 13.0. The molecule has 1 aromatic heterocycles. The van der Waals surface area contributed by atoms with Gasteiger partial charge in [-0.3, -0.25) is 9.59 Å². The largest absolute Gasteiger partial charge is 0.387 e. The molecule has 2 heterocycles. The first-order valence-corrected chi connectivity index (χ1v) is 13.2. The van der Waals surface area contributed by atoms with E-state index in [1.54, 1.807) is 13.1 Å². The Morgan fingerprint density at radius 2 is 1.71 bits per heavy atom. The van der Waals surface area contributed by atoms with Gasteiger partial charge in [0.2, 0.25) is 5.91 Å². The van der Waals surface area contributed by atoms with Crippen molar-refractivity contribution in [3.63, 3.8) is 0 Å². The molecule has 0 aliphatic carbocycles. The van der Waals surface area contributed by atoms with E-state index in [1.165, 1.54) is 30.3 Å². The van der Waals surface area contributed by atoms with Crippen LogP contribution in [0.3, 0.4) is 0 Å². The molecule has 182 valence electrons. The number of imide groups is 1. The Bertz CT molecular complexity index is 1450. The van der Waals surface area contributed by atoms with Gasteiger partial charge < -0.3 is 10.6 Å². The maximum atomic E-state index is 13.0. The molecule has 0 saturated heterocycles. The third-order valence-electron chi connectivity index (χ3n) is 4.98. The van der Waals surface area contributed by atoms with Crippen LogP contribution in [0.25, 0.3) is 0 Å². The summed E-state index contributed by atoms with van der Waals surface area (Å²) in [4.78, 5) is 39.0. The Kier molecular flexibility index (Phi) is 6.98. The summed E-state index contributed by atoms with van der Waals surface area (Å²) >= 11 is 18.5. The van der Waals surface area contributed by atoms with E-state index in [0.29, 0.717) is 33.2 Å². The number of halogens is 3. The fraction of sp³-hybridized carbons (Fsp3) is 0.0952. The van der Waals surface area contributed by atoms with Gasteiger partial charge in [-0.2, -0.15) is 0 Å². The Hall–Kier alpha value is -2.83. The van der Waals surface area contributed by atoms with E-state index < -0.39 is 27.9 Å². The molecular formula is C21H15Cl3N4O5S2. The molecule has 1 aliphatic rings. The molecule has 14 heteroatoms. The Labute approximate surface area is 219 Å². The molecule has 0 bridgehead atoms. The topological polar surface area (TPSA) is 125 Å². The third kappa shape index (κ3) is 5.09. The first-order chi connectivity index (χ1) is 16.5. The van der Waals surface area contributed by atoms with E-state index in [0.717, 1.165) is 11.0 Å². The maximum Gasteiger partial charge on any atom is 0.333 e. The number of thiophene rings is 1. The smallest absolute Gasteiger partial charge is 0.333 e. The predicted molar refractivity (Wildman–Crippen MR) is 137 cm³/mol. The Balaban J connectivity index is 1.49. The summed E-state index contributed by atoms with van der Waals surface area (Å²) in [6, 6.07) is 9.05. The lowest BCUT2D eigenvalue weighted by Crippen LogP contribution is -2.42. The molecule has 1 aliphatic heterocycles. The molecule has 0 fully saturated rings. The van der Waals surface area contributed by atoms with Crippen LogP contribution in [0.5, 0.6) is 0 Å². The Morgan fingerprint density at radius 3 is 2.31 bits per heavy atom. The number of nitrogens with one attached hydrogen (secondary N) is 3. The monoisotopic (exact) mass is 572 g/mol. The summed E-state index contributed by atoms with van der Waals surface area (Å²) in [5, 5.41) is 5.69. The lowest BCUT2D eigenvalue weighted by molar-refractivity contribution is -0.117. The van der Waals surface area contributed by atoms with Gasteiger partial charge >= 0.3 is 6.03 Å². The second kappa shape index (κ2) is 9.67. The van der Waals surface area contributed by atoms with E-state index in [2.05, 4.69) is 10.6 Å². The fourth-order valence-electron chi connectivity index (χ4n) is 3.37. The molecule has 2 aromatic carbocycles. The SMILES string of the molecule is CNc1cc2c(cc1Cl)C(=O)N(c1ccc(NC(=O)NS(=O)(=O)c3cc(Cl)c(Cl)s3)cc1)C(=O)C2. The van der Waals surface area contributed by atoms with Crippen LogP contribution in [-0.4, -0.2) is 33.3 Å². The van der Waals surface area contributed by atoms with Gasteiger partial charge in [0, 0.05) is 18.3 Å². The zero-order valence-electron chi connectivity index (χ0n) is 17.7. The zero-order chi connectivity index (χ0) is 25.5. The molecule has 0 unspecified atom stereocenters. The zero-order valence-corrected chi connectivity index (χ0v) is 21.6. The van der Waals surface area contributed by atoms with Crippen LogP contribution in [0, 0.1) is 0 Å². The van der Waals surface area contributed by atoms with Crippen molar-refractivity contribution in [2.75, 3.05) is 22.6 Å². The number of sulfonamides is 1. The van der Waals surface area contributed by atoms with Crippen molar-refractivity contribution in [3.8, 4) is 0 Å². The minimum absolute atomic E-state index is 0.00391. The van der Waals surface area contributed by atoms with Gasteiger partial charge in [-0.05, 0) is 48.0 Å². The average Bonchev–Trinajstić information content (AvgIpc) is 3.14. The number of amides is 4. The van der Waals surface area contributed by atoms with Crippen molar-refractivity contribution in [1.29, 1.82) is 0 Å². The highest BCUT2D eigenvalue weighted by Gasteiger charge is 2.33. The summed E-state index contributed by atoms with van der Waals surface area (Å²) in [6.07, 6.45) is 0.00391. The highest BCUT2D eigenvalue weighted by atomic mass is 35.5. The molecule has 0 spiro atoms. The molecule has 4 rings (SSSR count). The van der Waals surface area contributed by atoms with Crippen molar-refractivity contribution in [2.24, 2.45) is 0 Å². The van der Waals surface area contributed by atoms with Crippen LogP contribution >= 0.6 is 46.1 Å². The normalized spacial score (nSPS) is 13.4. The Morgan fingerprint density at radius 1 is 1.03 bits per heavy atom. The number of fused-ring (bicyclic) bond motifs is 1. The first-order valence-electron chi connectivity index (χ1n) is 9.76. The van der Waals surface area contributed by atoms with E-state index in [-0.39, 0.29) is 31.4 Å². The van der Waals surface area contributed by atoms with Crippen LogP contribution in [-0.2, 0) is 21.2 Å². The molecule has 9 nitrogen and oxygen atoms in total. The second-order valence-electron chi connectivity index (χ2n) is 7.24. The number of hydrogen-bond acceptors (Lipinski definition) is 7. The van der Waals surface area contributed by atoms with Crippen LogP contribution in [0.15, 0.2) is 46.7 Å². The van der Waals surface area contributed by atoms with E-state index in [1.807, 2.05) is 4.72 Å². The lowest BCUT2D eigenvalue weighted by Gasteiger charge is -2.27. The summed E-state index contributed by atoms with van der Waals surface area (Å²) in [5.41, 5.74) is 1.99. The summed E-state index contributed by atoms with van der Waals surface area (Å²) in [6.45, 7) is 0. The quantitative estimate of drug-likeness (QED) is 0.369. The number of carbonyl (C=O) groups excluding carboxylic acids is 3. The number of urea groups is 1. The van der Waals surface area contributed by atoms with Gasteiger partial charge in [-0.15, -0.1) is 11.3 Å². The number of rotatable bonds is 5. The molecule has 3 N–H and O–H groups in total. The minimum atomic E-state index is -4.18. The highest BCUT2D eigenvalue weighted by molar-refractivity contribution is 7.92. The van der Waals surface area contributed by atoms with Gasteiger partial charge in [0.05, 0.1) is 27.8 Å². The second-order valence-corrected chi connectivity index (χ2v) is 11.6. The number of carbonyl (C=O) groups is 3. The molecule has 4 amide bonds. The molecular weight excluding hydrogens is 559 g/mol. The first kappa shape index (κ1) is 25.3. The highest BCUT2D eigenvalue weighted by Crippen LogP contribution is 2.34. The third-order valence-corrected chi connectivity index (χ3v) is 8.97. The summed E-state index contributed by atoms with van der Waals surface area (Å²) in [5.74, 6) is -0.955. The minimum Gasteiger partial charge on any atom is -0.387 e. The van der Waals surface area contributed by atoms with Crippen LogP contribution in [0.2, 0.25) is 14.4 Å². The van der Waals surface area contributed by atoms with Crippen LogP contribution in [0.4, 0.5) is 21.9 Å². The van der Waals surface area contributed by atoms with Crippen molar-refractivity contribution in [2.45, 2.75) is 10.6 Å². The van der Waals surface area contributed by atoms with Crippen LogP contribution in [0.1, 0.15) is 15.9 Å².